The number of amides is 2. The van der Waals surface area contributed by atoms with E-state index < -0.39 is 0 Å². The van der Waals surface area contributed by atoms with E-state index in [-0.39, 0.29) is 35.5 Å². The fourth-order valence-electron chi connectivity index (χ4n) is 6.13. The molecule has 3 aromatic rings. The van der Waals surface area contributed by atoms with Gasteiger partial charge >= 0.3 is 0 Å². The molecule has 7 rings (SSSR count). The zero-order valence-corrected chi connectivity index (χ0v) is 19.0. The van der Waals surface area contributed by atoms with Gasteiger partial charge in [-0.25, -0.2) is 4.90 Å². The van der Waals surface area contributed by atoms with Gasteiger partial charge in [0.05, 0.1) is 24.1 Å². The summed E-state index contributed by atoms with van der Waals surface area (Å²) < 4.78 is 5.76. The SMILES string of the molecule is CCCCOc1ccc(N2C(=O)[C@H]3[C@@H]4c5ccccc5[C@H](c5cc(C)ccc54)[C@@H]3C2=O)cc1. The topological polar surface area (TPSA) is 46.6 Å². The maximum absolute atomic E-state index is 13.8. The lowest BCUT2D eigenvalue weighted by Crippen LogP contribution is -2.41. The number of carbonyl (C=O) groups excluding carboxylic acids is 2. The summed E-state index contributed by atoms with van der Waals surface area (Å²) in [5.41, 5.74) is 6.62. The Morgan fingerprint density at radius 3 is 2.03 bits per heavy atom. The normalized spacial score (nSPS) is 24.5. The van der Waals surface area contributed by atoms with Crippen molar-refractivity contribution in [3.8, 4) is 5.75 Å². The summed E-state index contributed by atoms with van der Waals surface area (Å²) in [6, 6.07) is 22.2. The van der Waals surface area contributed by atoms with Gasteiger partial charge in [-0.05, 0) is 59.9 Å². The summed E-state index contributed by atoms with van der Waals surface area (Å²) in [5, 5.41) is 0. The Labute approximate surface area is 194 Å². The van der Waals surface area contributed by atoms with Crippen molar-refractivity contribution >= 4 is 17.5 Å². The van der Waals surface area contributed by atoms with Crippen molar-refractivity contribution < 1.29 is 14.3 Å². The summed E-state index contributed by atoms with van der Waals surface area (Å²) >= 11 is 0. The molecule has 4 atom stereocenters. The van der Waals surface area contributed by atoms with E-state index in [0.29, 0.717) is 12.3 Å². The van der Waals surface area contributed by atoms with Gasteiger partial charge in [0.2, 0.25) is 11.8 Å². The molecule has 2 amide bonds. The smallest absolute Gasteiger partial charge is 0.238 e. The molecule has 1 saturated heterocycles. The number of hydrogen-bond donors (Lipinski definition) is 0. The fraction of sp³-hybridized carbons (Fsp3) is 0.310. The molecule has 0 aromatic heterocycles. The number of ether oxygens (including phenoxy) is 1. The Balaban J connectivity index is 1.41. The molecule has 3 aliphatic carbocycles. The molecule has 0 radical (unpaired) electrons. The van der Waals surface area contributed by atoms with Gasteiger partial charge in [-0.2, -0.15) is 0 Å². The molecule has 2 bridgehead atoms. The van der Waals surface area contributed by atoms with Crippen molar-refractivity contribution in [2.45, 2.75) is 38.5 Å². The van der Waals surface area contributed by atoms with Crippen LogP contribution in [0.1, 0.15) is 59.4 Å². The minimum absolute atomic E-state index is 0.0788. The van der Waals surface area contributed by atoms with Crippen LogP contribution in [0.3, 0.4) is 0 Å². The Hall–Kier alpha value is -3.40. The number of unbranched alkanes of at least 4 members (excludes halogenated alkanes) is 1. The molecule has 3 aromatic carbocycles. The third-order valence-electron chi connectivity index (χ3n) is 7.56. The molecule has 0 spiro atoms. The van der Waals surface area contributed by atoms with E-state index in [1.54, 1.807) is 0 Å². The molecule has 4 nitrogen and oxygen atoms in total. The van der Waals surface area contributed by atoms with E-state index in [1.165, 1.54) is 32.7 Å². The van der Waals surface area contributed by atoms with Crippen LogP contribution in [0, 0.1) is 18.8 Å². The lowest BCUT2D eigenvalue weighted by atomic mass is 9.55. The van der Waals surface area contributed by atoms with E-state index in [9.17, 15) is 9.59 Å². The fourth-order valence-corrected chi connectivity index (χ4v) is 6.13. The zero-order chi connectivity index (χ0) is 22.7. The number of aryl methyl sites for hydroxylation is 1. The first-order valence-corrected chi connectivity index (χ1v) is 11.9. The highest BCUT2D eigenvalue weighted by Crippen LogP contribution is 2.61. The molecular formula is C29H27NO3. The molecule has 1 fully saturated rings. The standard InChI is InChI=1S/C29H27NO3/c1-3-4-15-33-19-12-10-18(11-13-19)30-28(31)26-24-20-7-5-6-8-21(20)25(27(26)29(30)32)23-16-17(2)9-14-22(23)24/h5-14,16,24-27H,3-4,15H2,1-2H3/t24-,25-,26+,27+/m1/s1. The van der Waals surface area contributed by atoms with Crippen LogP contribution < -0.4 is 9.64 Å². The van der Waals surface area contributed by atoms with Crippen LogP contribution in [-0.2, 0) is 9.59 Å². The van der Waals surface area contributed by atoms with Crippen LogP contribution in [0.25, 0.3) is 0 Å². The number of hydrogen-bond acceptors (Lipinski definition) is 3. The lowest BCUT2D eigenvalue weighted by molar-refractivity contribution is -0.122. The number of nitrogens with zero attached hydrogens (tertiary/aromatic N) is 1. The van der Waals surface area contributed by atoms with Gasteiger partial charge in [-0.1, -0.05) is 61.4 Å². The second-order valence-electron chi connectivity index (χ2n) is 9.48. The quantitative estimate of drug-likeness (QED) is 0.387. The van der Waals surface area contributed by atoms with Gasteiger partial charge in [0.15, 0.2) is 0 Å². The van der Waals surface area contributed by atoms with Crippen molar-refractivity contribution in [2.75, 3.05) is 11.5 Å². The summed E-state index contributed by atoms with van der Waals surface area (Å²) in [6.45, 7) is 4.88. The third kappa shape index (κ3) is 2.90. The average Bonchev–Trinajstić information content (AvgIpc) is 3.10. The molecular weight excluding hydrogens is 410 g/mol. The summed E-state index contributed by atoms with van der Waals surface area (Å²) in [6.07, 6.45) is 2.07. The van der Waals surface area contributed by atoms with Gasteiger partial charge in [-0.3, -0.25) is 9.59 Å². The second-order valence-corrected chi connectivity index (χ2v) is 9.48. The Bertz CT molecular complexity index is 1260. The van der Waals surface area contributed by atoms with Gasteiger partial charge in [0, 0.05) is 11.8 Å². The van der Waals surface area contributed by atoms with Crippen LogP contribution in [0.4, 0.5) is 5.69 Å². The van der Waals surface area contributed by atoms with Crippen molar-refractivity contribution in [1.29, 1.82) is 0 Å². The van der Waals surface area contributed by atoms with E-state index in [2.05, 4.69) is 44.2 Å². The Morgan fingerprint density at radius 1 is 0.788 bits per heavy atom. The molecule has 1 heterocycles. The molecule has 33 heavy (non-hydrogen) atoms. The minimum Gasteiger partial charge on any atom is -0.494 e. The molecule has 0 N–H and O–H groups in total. The first-order valence-electron chi connectivity index (χ1n) is 11.9. The monoisotopic (exact) mass is 437 g/mol. The van der Waals surface area contributed by atoms with Crippen LogP contribution in [-0.4, -0.2) is 18.4 Å². The zero-order valence-electron chi connectivity index (χ0n) is 19.0. The maximum atomic E-state index is 13.8. The molecule has 1 aliphatic heterocycles. The van der Waals surface area contributed by atoms with Crippen molar-refractivity contribution in [3.63, 3.8) is 0 Å². The first-order chi connectivity index (χ1) is 16.1. The number of rotatable bonds is 5. The second kappa shape index (κ2) is 7.58. The van der Waals surface area contributed by atoms with Crippen LogP contribution in [0.5, 0.6) is 5.75 Å². The Kier molecular flexibility index (Phi) is 4.65. The van der Waals surface area contributed by atoms with Crippen LogP contribution in [0.2, 0.25) is 0 Å². The van der Waals surface area contributed by atoms with E-state index in [1.807, 2.05) is 36.4 Å². The van der Waals surface area contributed by atoms with Gasteiger partial charge in [0.25, 0.3) is 0 Å². The molecule has 4 heteroatoms. The molecule has 0 unspecified atom stereocenters. The predicted octanol–water partition coefficient (Wildman–Crippen LogP) is 5.57. The number of carbonyl (C=O) groups is 2. The molecule has 0 saturated carbocycles. The van der Waals surface area contributed by atoms with Crippen molar-refractivity contribution in [2.24, 2.45) is 11.8 Å². The molecule has 166 valence electrons. The minimum atomic E-state index is -0.354. The van der Waals surface area contributed by atoms with E-state index in [4.69, 9.17) is 4.74 Å². The summed E-state index contributed by atoms with van der Waals surface area (Å²) in [5.74, 6) is -0.268. The van der Waals surface area contributed by atoms with Crippen LogP contribution >= 0.6 is 0 Å². The van der Waals surface area contributed by atoms with E-state index in [0.717, 1.165) is 18.6 Å². The van der Waals surface area contributed by atoms with Gasteiger partial charge in [0.1, 0.15) is 5.75 Å². The summed E-state index contributed by atoms with van der Waals surface area (Å²) in [7, 11) is 0. The van der Waals surface area contributed by atoms with E-state index >= 15 is 0 Å². The average molecular weight is 438 g/mol. The predicted molar refractivity (Wildman–Crippen MR) is 128 cm³/mol. The number of benzene rings is 3. The van der Waals surface area contributed by atoms with Crippen LogP contribution in [0.15, 0.2) is 66.7 Å². The first kappa shape index (κ1) is 20.2. The maximum Gasteiger partial charge on any atom is 0.238 e. The van der Waals surface area contributed by atoms with Gasteiger partial charge in [-0.15, -0.1) is 0 Å². The highest BCUT2D eigenvalue weighted by molar-refractivity contribution is 6.23. The number of anilines is 1. The third-order valence-corrected chi connectivity index (χ3v) is 7.56. The lowest BCUT2D eigenvalue weighted by Gasteiger charge is -2.46. The van der Waals surface area contributed by atoms with Crippen molar-refractivity contribution in [1.82, 2.24) is 0 Å². The molecule has 4 aliphatic rings. The Morgan fingerprint density at radius 2 is 1.39 bits per heavy atom. The van der Waals surface area contributed by atoms with Crippen molar-refractivity contribution in [3.05, 3.63) is 94.5 Å². The van der Waals surface area contributed by atoms with Gasteiger partial charge < -0.3 is 4.74 Å². The largest absolute Gasteiger partial charge is 0.494 e. The summed E-state index contributed by atoms with van der Waals surface area (Å²) in [4.78, 5) is 29.0. The highest BCUT2D eigenvalue weighted by atomic mass is 16.5. The highest BCUT2D eigenvalue weighted by Gasteiger charge is 2.61. The number of imide groups is 1.